The van der Waals surface area contributed by atoms with Gasteiger partial charge in [-0.05, 0) is 89.7 Å². The van der Waals surface area contributed by atoms with Gasteiger partial charge < -0.3 is 9.84 Å². The highest BCUT2D eigenvalue weighted by molar-refractivity contribution is 9.10. The van der Waals surface area contributed by atoms with E-state index < -0.39 is 23.7 Å². The minimum absolute atomic E-state index is 0.0796. The monoisotopic (exact) mass is 651 g/mol. The fourth-order valence-corrected chi connectivity index (χ4v) is 7.25. The molecule has 3 aliphatic carbocycles. The number of aromatic hydroxyl groups is 1. The third kappa shape index (κ3) is 3.89. The van der Waals surface area contributed by atoms with Crippen LogP contribution >= 0.6 is 31.9 Å². The summed E-state index contributed by atoms with van der Waals surface area (Å²) in [5.74, 6) is -3.16. The molecule has 6 rings (SSSR count). The first-order valence-electron chi connectivity index (χ1n) is 12.5. The van der Waals surface area contributed by atoms with Gasteiger partial charge in [-0.15, -0.1) is 0 Å². The van der Waals surface area contributed by atoms with E-state index in [2.05, 4.69) is 31.9 Å². The maximum atomic E-state index is 13.9. The van der Waals surface area contributed by atoms with Crippen molar-refractivity contribution in [2.24, 2.45) is 17.8 Å². The molecule has 0 radical (unpaired) electrons. The SMILES string of the molecule is COc1cc(C2C3=CCC4C(=O)N(c5ccc(Br)cc5)C(=O)C4C3CC3=C2C(=O)C=C(C)C3=O)cc(Br)c1O. The summed E-state index contributed by atoms with van der Waals surface area (Å²) < 4.78 is 6.59. The maximum Gasteiger partial charge on any atom is 0.238 e. The zero-order valence-corrected chi connectivity index (χ0v) is 24.2. The number of fused-ring (bicyclic) bond motifs is 3. The molecule has 1 aliphatic heterocycles. The zero-order valence-electron chi connectivity index (χ0n) is 21.0. The molecule has 4 atom stereocenters. The van der Waals surface area contributed by atoms with Gasteiger partial charge in [0.15, 0.2) is 23.1 Å². The number of carbonyl (C=O) groups excluding carboxylic acids is 4. The van der Waals surface area contributed by atoms with Crippen molar-refractivity contribution in [1.29, 1.82) is 0 Å². The lowest BCUT2D eigenvalue weighted by Gasteiger charge is -2.42. The molecule has 1 N–H and O–H groups in total. The number of halogens is 2. The zero-order chi connectivity index (χ0) is 27.7. The van der Waals surface area contributed by atoms with Crippen LogP contribution in [-0.2, 0) is 19.2 Å². The van der Waals surface area contributed by atoms with Crippen LogP contribution in [0.5, 0.6) is 11.5 Å². The molecule has 0 bridgehead atoms. The van der Waals surface area contributed by atoms with Crippen molar-refractivity contribution in [1.82, 2.24) is 0 Å². The Morgan fingerprint density at radius 2 is 1.72 bits per heavy atom. The lowest BCUT2D eigenvalue weighted by molar-refractivity contribution is -0.123. The number of imide groups is 1. The highest BCUT2D eigenvalue weighted by atomic mass is 79.9. The van der Waals surface area contributed by atoms with Gasteiger partial charge in [-0.1, -0.05) is 27.6 Å². The number of benzene rings is 2. The Morgan fingerprint density at radius 1 is 1.00 bits per heavy atom. The summed E-state index contributed by atoms with van der Waals surface area (Å²) in [6.45, 7) is 1.62. The van der Waals surface area contributed by atoms with Crippen LogP contribution in [0.25, 0.3) is 0 Å². The molecule has 1 saturated heterocycles. The van der Waals surface area contributed by atoms with Crippen LogP contribution in [0.15, 0.2) is 79.8 Å². The van der Waals surface area contributed by atoms with E-state index in [0.29, 0.717) is 38.9 Å². The fraction of sp³-hybridized carbons (Fsp3) is 0.267. The van der Waals surface area contributed by atoms with Crippen LogP contribution in [0.4, 0.5) is 5.69 Å². The standard InChI is InChI=1S/C30H23Br2NO6/c1-13-9-22(34)26-20(27(13)35)12-19-17(24(26)14-10-21(32)28(36)23(11-14)39-2)7-8-18-25(19)30(38)33(29(18)37)16-5-3-15(31)4-6-16/h3-7,9-11,18-19,24-25,36H,8,12H2,1-2H3. The minimum atomic E-state index is -0.658. The molecule has 4 aliphatic rings. The van der Waals surface area contributed by atoms with Crippen molar-refractivity contribution in [2.45, 2.75) is 25.7 Å². The number of anilines is 1. The van der Waals surface area contributed by atoms with E-state index in [0.717, 1.165) is 10.0 Å². The maximum absolute atomic E-state index is 13.9. The highest BCUT2D eigenvalue weighted by Gasteiger charge is 2.56. The molecule has 0 aromatic heterocycles. The quantitative estimate of drug-likeness (QED) is 0.265. The molecule has 198 valence electrons. The lowest BCUT2D eigenvalue weighted by atomic mass is 9.59. The van der Waals surface area contributed by atoms with Crippen LogP contribution in [0.1, 0.15) is 31.2 Å². The number of amides is 2. The van der Waals surface area contributed by atoms with E-state index in [4.69, 9.17) is 4.74 Å². The van der Waals surface area contributed by atoms with Gasteiger partial charge >= 0.3 is 0 Å². The lowest BCUT2D eigenvalue weighted by Crippen LogP contribution is -2.39. The molecule has 2 aromatic rings. The van der Waals surface area contributed by atoms with Crippen LogP contribution in [-0.4, -0.2) is 35.6 Å². The van der Waals surface area contributed by atoms with Gasteiger partial charge in [-0.25, -0.2) is 0 Å². The molecule has 2 aromatic carbocycles. The smallest absolute Gasteiger partial charge is 0.238 e. The van der Waals surface area contributed by atoms with Crippen LogP contribution < -0.4 is 9.64 Å². The van der Waals surface area contributed by atoms with E-state index in [9.17, 15) is 24.3 Å². The average molecular weight is 653 g/mol. The summed E-state index contributed by atoms with van der Waals surface area (Å²) in [6.07, 6.45) is 3.89. The van der Waals surface area contributed by atoms with Crippen molar-refractivity contribution >= 4 is 60.9 Å². The van der Waals surface area contributed by atoms with Crippen LogP contribution in [0.2, 0.25) is 0 Å². The summed E-state index contributed by atoms with van der Waals surface area (Å²) >= 11 is 6.77. The first-order valence-corrected chi connectivity index (χ1v) is 14.1. The number of hydrogen-bond acceptors (Lipinski definition) is 6. The molecule has 39 heavy (non-hydrogen) atoms. The number of phenolic OH excluding ortho intramolecular Hbond substituents is 1. The third-order valence-electron chi connectivity index (χ3n) is 8.25. The number of Topliss-reactive ketones (excluding diaryl/α,β-unsaturated/α-hetero) is 1. The predicted octanol–water partition coefficient (Wildman–Crippen LogP) is 5.56. The van der Waals surface area contributed by atoms with Gasteiger partial charge in [0, 0.05) is 27.1 Å². The highest BCUT2D eigenvalue weighted by Crippen LogP contribution is 2.56. The van der Waals surface area contributed by atoms with Crippen molar-refractivity contribution in [2.75, 3.05) is 12.0 Å². The van der Waals surface area contributed by atoms with Crippen molar-refractivity contribution in [3.05, 3.63) is 85.4 Å². The number of phenols is 1. The van der Waals surface area contributed by atoms with Crippen LogP contribution in [0.3, 0.4) is 0 Å². The largest absolute Gasteiger partial charge is 0.503 e. The molecule has 9 heteroatoms. The number of hydrogen-bond donors (Lipinski definition) is 1. The first kappa shape index (κ1) is 26.0. The molecular weight excluding hydrogens is 630 g/mol. The second kappa shape index (κ2) is 9.41. The van der Waals surface area contributed by atoms with E-state index in [-0.39, 0.29) is 41.3 Å². The summed E-state index contributed by atoms with van der Waals surface area (Å²) in [5.41, 5.74) is 3.11. The Balaban J connectivity index is 1.51. The van der Waals surface area contributed by atoms with Gasteiger partial charge in [-0.3, -0.25) is 24.1 Å². The third-order valence-corrected chi connectivity index (χ3v) is 9.38. The average Bonchev–Trinajstić information content (AvgIpc) is 3.18. The Bertz CT molecular complexity index is 1590. The number of ether oxygens (including phenoxy) is 1. The topological polar surface area (TPSA) is 101 Å². The molecular formula is C30H23Br2NO6. The Kier molecular flexibility index (Phi) is 6.26. The number of ketones is 2. The summed E-state index contributed by atoms with van der Waals surface area (Å²) in [4.78, 5) is 55.6. The van der Waals surface area contributed by atoms with E-state index >= 15 is 0 Å². The molecule has 4 unspecified atom stereocenters. The van der Waals surface area contributed by atoms with Crippen molar-refractivity contribution < 1.29 is 29.0 Å². The fourth-order valence-electron chi connectivity index (χ4n) is 6.52. The molecule has 0 spiro atoms. The number of methoxy groups -OCH3 is 1. The Labute approximate surface area is 241 Å². The molecule has 2 amide bonds. The van der Waals surface area contributed by atoms with E-state index in [1.54, 1.807) is 43.3 Å². The molecule has 0 saturated carbocycles. The van der Waals surface area contributed by atoms with Gasteiger partial charge in [0.1, 0.15) is 0 Å². The predicted molar refractivity (Wildman–Crippen MR) is 150 cm³/mol. The van der Waals surface area contributed by atoms with E-state index in [1.165, 1.54) is 18.1 Å². The summed E-state index contributed by atoms with van der Waals surface area (Å²) in [7, 11) is 1.44. The summed E-state index contributed by atoms with van der Waals surface area (Å²) in [6, 6.07) is 10.4. The second-order valence-electron chi connectivity index (χ2n) is 10.3. The first-order chi connectivity index (χ1) is 18.6. The van der Waals surface area contributed by atoms with Gasteiger partial charge in [0.2, 0.25) is 11.8 Å². The minimum Gasteiger partial charge on any atom is -0.503 e. The number of carbonyl (C=O) groups is 4. The molecule has 1 fully saturated rings. The van der Waals surface area contributed by atoms with E-state index in [1.807, 2.05) is 6.08 Å². The van der Waals surface area contributed by atoms with Gasteiger partial charge in [0.05, 0.1) is 29.1 Å². The van der Waals surface area contributed by atoms with Gasteiger partial charge in [-0.2, -0.15) is 0 Å². The van der Waals surface area contributed by atoms with Crippen molar-refractivity contribution in [3.63, 3.8) is 0 Å². The normalized spacial score (nSPS) is 26.2. The Morgan fingerprint density at radius 3 is 2.41 bits per heavy atom. The van der Waals surface area contributed by atoms with Crippen LogP contribution in [0, 0.1) is 17.8 Å². The number of allylic oxidation sites excluding steroid dienone is 6. The van der Waals surface area contributed by atoms with Crippen molar-refractivity contribution in [3.8, 4) is 11.5 Å². The second-order valence-corrected chi connectivity index (χ2v) is 12.0. The van der Waals surface area contributed by atoms with Gasteiger partial charge in [0.25, 0.3) is 0 Å². The number of nitrogens with zero attached hydrogens (tertiary/aromatic N) is 1. The molecule has 1 heterocycles. The summed E-state index contributed by atoms with van der Waals surface area (Å²) in [5, 5.41) is 10.4. The number of rotatable bonds is 3. The Hall–Kier alpha value is -3.30. The molecule has 7 nitrogen and oxygen atoms in total.